The monoisotopic (exact) mass is 1450 g/mol. The molecule has 0 aliphatic carbocycles. The van der Waals surface area contributed by atoms with Gasteiger partial charge in [0.05, 0.1) is 12.3 Å². The Morgan fingerprint density at radius 1 is 0.257 bits per heavy atom. The molecule has 558 valence electrons. The molecular weight excluding hydrogens is 1320 g/mol. The molecule has 0 amide bonds. The number of rotatable bonds is 4. The summed E-state index contributed by atoms with van der Waals surface area (Å²) in [6.07, 6.45) is 0. The Labute approximate surface area is 664 Å². The van der Waals surface area contributed by atoms with Crippen LogP contribution in [0.3, 0.4) is 0 Å². The molecule has 0 aliphatic heterocycles. The summed E-state index contributed by atoms with van der Waals surface area (Å²) in [5, 5.41) is 7.31. The van der Waals surface area contributed by atoms with Gasteiger partial charge in [-0.2, -0.15) is 0 Å². The van der Waals surface area contributed by atoms with Crippen LogP contribution in [0.4, 0.5) is 0 Å². The minimum atomic E-state index is -0.608. The van der Waals surface area contributed by atoms with Crippen molar-refractivity contribution >= 4 is 65.8 Å². The maximum atomic E-state index is 8.52. The lowest BCUT2D eigenvalue weighted by Crippen LogP contribution is -2.14. The standard InChI is InChI=1S/C23H24.C22H22.3C16H16O.C12H18.CH4/c1-17-13-15-19(16-14-17)21-12-8-11-20(22(21)23(2,3)4)18-9-6-5-7-10-18;1-22(2,3)21-19(17-11-6-4-7-12-17)15-10-16-20(21)18-13-8-5-9-14-18;1-16(2,3)13-9-6-8-12-11-7-4-5-10-14(11)17-15(12)13;1-16(2,3)12-8-6-10-14-15(12)11-7-4-5-9-13(11)17-14;1-16(2,3)11-8-9-15-13(10-11)12-6-4-5-7-14(12)17-15;1-9-7-6-8-10(2)11(9)12(3,4)5;/h5-16H,1-4H3;4-16H,1-3H3;3*4-10H,1-3H3;6-8H,1-5H3;1H4/i5D,6D,7D,9D,10D,13D,14D,15D,16D;;;;;;. The lowest BCUT2D eigenvalue weighted by Gasteiger charge is -2.27. The lowest BCUT2D eigenvalue weighted by atomic mass is 9.77. The number of aryl methyl sites for hydroxylation is 2. The maximum absolute atomic E-state index is 8.52. The lowest BCUT2D eigenvalue weighted by molar-refractivity contribution is 0.573. The number of furan rings is 3. The normalized spacial score (nSPS) is 13.0. The van der Waals surface area contributed by atoms with Crippen LogP contribution in [0.15, 0.2) is 310 Å². The molecule has 16 rings (SSSR count). The van der Waals surface area contributed by atoms with Gasteiger partial charge in [0.2, 0.25) is 0 Å². The van der Waals surface area contributed by atoms with Gasteiger partial charge in [0.15, 0.2) is 0 Å². The van der Waals surface area contributed by atoms with Gasteiger partial charge >= 0.3 is 0 Å². The highest BCUT2D eigenvalue weighted by Gasteiger charge is 2.27. The first-order valence-electron chi connectivity index (χ1n) is 42.2. The molecule has 0 aliphatic rings. The molecule has 0 fully saturated rings. The summed E-state index contributed by atoms with van der Waals surface area (Å²) in [7, 11) is 0. The Kier molecular flexibility index (Phi) is 21.1. The summed E-state index contributed by atoms with van der Waals surface area (Å²) in [6, 6.07) is 80.8. The van der Waals surface area contributed by atoms with Crippen molar-refractivity contribution in [1.82, 2.24) is 0 Å². The fourth-order valence-corrected chi connectivity index (χ4v) is 14.7. The maximum Gasteiger partial charge on any atom is 0.139 e. The first kappa shape index (κ1) is 68.8. The van der Waals surface area contributed by atoms with Gasteiger partial charge in [-0.1, -0.05) is 398 Å². The zero-order valence-corrected chi connectivity index (χ0v) is 67.3. The van der Waals surface area contributed by atoms with E-state index in [1.54, 1.807) is 18.2 Å². The minimum absolute atomic E-state index is 0. The van der Waals surface area contributed by atoms with Gasteiger partial charge < -0.3 is 13.3 Å². The van der Waals surface area contributed by atoms with Crippen LogP contribution in [0.25, 0.3) is 110 Å². The van der Waals surface area contributed by atoms with Crippen LogP contribution in [-0.2, 0) is 32.5 Å². The molecule has 3 heteroatoms. The molecule has 0 radical (unpaired) electrons. The van der Waals surface area contributed by atoms with Gasteiger partial charge in [-0.05, 0) is 173 Å². The van der Waals surface area contributed by atoms with Gasteiger partial charge in [-0.3, -0.25) is 0 Å². The molecule has 0 bridgehead atoms. The quantitative estimate of drug-likeness (QED) is 0.176. The topological polar surface area (TPSA) is 39.4 Å². The van der Waals surface area contributed by atoms with Gasteiger partial charge in [-0.15, -0.1) is 0 Å². The summed E-state index contributed by atoms with van der Waals surface area (Å²) < 4.78 is 92.1. The van der Waals surface area contributed by atoms with E-state index in [9.17, 15) is 0 Å². The molecule has 3 heterocycles. The summed E-state index contributed by atoms with van der Waals surface area (Å²) in [6.45, 7) is 45.4. The van der Waals surface area contributed by atoms with Crippen molar-refractivity contribution < 1.29 is 25.6 Å². The van der Waals surface area contributed by atoms with Crippen molar-refractivity contribution in [3.8, 4) is 44.5 Å². The highest BCUT2D eigenvalue weighted by Crippen LogP contribution is 2.44. The van der Waals surface area contributed by atoms with E-state index in [0.29, 0.717) is 16.7 Å². The summed E-state index contributed by atoms with van der Waals surface area (Å²) in [5.41, 5.74) is 22.8. The predicted molar refractivity (Wildman–Crippen MR) is 475 cm³/mol. The van der Waals surface area contributed by atoms with Crippen LogP contribution in [0.5, 0.6) is 0 Å². The van der Waals surface area contributed by atoms with E-state index in [1.807, 2.05) is 63.2 Å². The summed E-state index contributed by atoms with van der Waals surface area (Å²) in [4.78, 5) is 0. The molecule has 13 aromatic carbocycles. The predicted octanol–water partition coefficient (Wildman–Crippen LogP) is 31.8. The highest BCUT2D eigenvalue weighted by atomic mass is 16.3. The molecule has 0 saturated heterocycles. The third-order valence-electron chi connectivity index (χ3n) is 19.5. The second-order valence-electron chi connectivity index (χ2n) is 34.3. The van der Waals surface area contributed by atoms with Crippen molar-refractivity contribution in [2.75, 3.05) is 0 Å². The first-order valence-corrected chi connectivity index (χ1v) is 37.7. The fourth-order valence-electron chi connectivity index (χ4n) is 14.7. The zero-order valence-electron chi connectivity index (χ0n) is 76.3. The van der Waals surface area contributed by atoms with Crippen LogP contribution < -0.4 is 0 Å². The second-order valence-corrected chi connectivity index (χ2v) is 34.3. The molecule has 0 spiro atoms. The van der Waals surface area contributed by atoms with E-state index in [1.165, 1.54) is 100 Å². The van der Waals surface area contributed by atoms with E-state index in [-0.39, 0.29) is 87.4 Å². The Bertz CT molecular complexity index is 6030. The number of benzene rings is 13. The molecule has 3 nitrogen and oxygen atoms in total. The van der Waals surface area contributed by atoms with E-state index in [0.717, 1.165) is 33.5 Å². The van der Waals surface area contributed by atoms with Crippen LogP contribution >= 0.6 is 0 Å². The molecule has 0 unspecified atom stereocenters. The van der Waals surface area contributed by atoms with Crippen molar-refractivity contribution in [2.24, 2.45) is 0 Å². The van der Waals surface area contributed by atoms with E-state index >= 15 is 0 Å². The van der Waals surface area contributed by atoms with E-state index in [2.05, 4.69) is 300 Å². The van der Waals surface area contributed by atoms with E-state index < -0.39 is 23.5 Å². The average Bonchev–Trinajstić information content (AvgIpc) is 1.17. The minimum Gasteiger partial charge on any atom is -0.456 e. The Morgan fingerprint density at radius 3 is 1.10 bits per heavy atom. The van der Waals surface area contributed by atoms with Crippen LogP contribution in [0.1, 0.15) is 194 Å². The average molecular weight is 1450 g/mol. The van der Waals surface area contributed by atoms with Crippen molar-refractivity contribution in [3.63, 3.8) is 0 Å². The number of para-hydroxylation sites is 4. The molecule has 16 aromatic rings. The molecule has 0 N–H and O–H groups in total. The summed E-state index contributed by atoms with van der Waals surface area (Å²) >= 11 is 0. The number of fused-ring (bicyclic) bond motifs is 9. The van der Waals surface area contributed by atoms with Gasteiger partial charge in [-0.25, -0.2) is 0 Å². The zero-order chi connectivity index (χ0) is 85.3. The van der Waals surface area contributed by atoms with Gasteiger partial charge in [0.25, 0.3) is 0 Å². The van der Waals surface area contributed by atoms with E-state index in [4.69, 9.17) is 25.6 Å². The Morgan fingerprint density at radius 2 is 0.624 bits per heavy atom. The van der Waals surface area contributed by atoms with Crippen LogP contribution in [0.2, 0.25) is 0 Å². The molecule has 3 aromatic heterocycles. The molecule has 109 heavy (non-hydrogen) atoms. The Hall–Kier alpha value is -10.7. The molecule has 0 saturated carbocycles. The molecular formula is C106H116O3. The summed E-state index contributed by atoms with van der Waals surface area (Å²) in [5.74, 6) is 0. The third-order valence-corrected chi connectivity index (χ3v) is 19.5. The molecule has 0 atom stereocenters. The van der Waals surface area contributed by atoms with Gasteiger partial charge in [0.1, 0.15) is 33.5 Å². The highest BCUT2D eigenvalue weighted by molar-refractivity contribution is 6.08. The van der Waals surface area contributed by atoms with Crippen LogP contribution in [-0.4, -0.2) is 0 Å². The van der Waals surface area contributed by atoms with Crippen molar-refractivity contribution in [1.29, 1.82) is 0 Å². The number of hydrogen-bond donors (Lipinski definition) is 0. The largest absolute Gasteiger partial charge is 0.456 e. The van der Waals surface area contributed by atoms with Gasteiger partial charge in [0, 0.05) is 37.9 Å². The number of hydrogen-bond acceptors (Lipinski definition) is 3. The fraction of sp³-hybridized carbons (Fsp3) is 0.264. The Balaban J connectivity index is 0.000000153. The second kappa shape index (κ2) is 33.4. The van der Waals surface area contributed by atoms with Crippen molar-refractivity contribution in [2.45, 2.75) is 185 Å². The SMILES string of the molecule is C.CC(C)(C)c1c(-c2ccccc2)cccc1-c1ccccc1.CC(C)(C)c1ccc2oc3ccccc3c2c1.CC(C)(C)c1cccc2c1oc1ccccc12.CC(C)(C)c1cccc2oc3ccccc3c12.Cc1cccc(C)c1C(C)(C)C.[2H]c1c([2H])c([2H])c(-c2cccc(-c3c([2H])c([2H])c(C)c([2H])c3[2H])c2C(C)(C)C)c([2H])c1[2H]. The van der Waals surface area contributed by atoms with Crippen LogP contribution in [0, 0.1) is 20.8 Å². The van der Waals surface area contributed by atoms with Crippen molar-refractivity contribution in [3.05, 3.63) is 347 Å². The smallest absolute Gasteiger partial charge is 0.139 e. The first-order chi connectivity index (χ1) is 54.9. The third kappa shape index (κ3) is 19.0.